The van der Waals surface area contributed by atoms with Crippen LogP contribution in [0.15, 0.2) is 36.0 Å². The third-order valence-corrected chi connectivity index (χ3v) is 9.41. The number of anilines is 2. The van der Waals surface area contributed by atoms with E-state index in [2.05, 4.69) is 17.0 Å². The monoisotopic (exact) mass is 563 g/mol. The molecule has 2 amide bonds. The van der Waals surface area contributed by atoms with E-state index >= 15 is 0 Å². The first-order chi connectivity index (χ1) is 18.8. The van der Waals surface area contributed by atoms with E-state index in [4.69, 9.17) is 20.8 Å². The highest BCUT2D eigenvalue weighted by Gasteiger charge is 2.43. The molecule has 0 bridgehead atoms. The van der Waals surface area contributed by atoms with Gasteiger partial charge in [-0.25, -0.2) is 19.2 Å². The largest absolute Gasteiger partial charge is 0.354 e. The quantitative estimate of drug-likeness (QED) is 0.362. The van der Waals surface area contributed by atoms with Crippen molar-refractivity contribution in [2.75, 3.05) is 25.5 Å². The second-order valence-electron chi connectivity index (χ2n) is 9.55. The van der Waals surface area contributed by atoms with Gasteiger partial charge in [0.15, 0.2) is 10.9 Å². The van der Waals surface area contributed by atoms with Crippen molar-refractivity contribution in [3.63, 3.8) is 0 Å². The lowest BCUT2D eigenvalue weighted by Crippen LogP contribution is -2.46. The topological polar surface area (TPSA) is 120 Å². The molecule has 2 aliphatic rings. The Bertz CT molecular complexity index is 1650. The zero-order valence-electron chi connectivity index (χ0n) is 21.6. The lowest BCUT2D eigenvalue weighted by Gasteiger charge is -2.30. The number of nitrogens with zero attached hydrogens (tertiary/aromatic N) is 8. The average molecular weight is 564 g/mol. The van der Waals surface area contributed by atoms with Crippen molar-refractivity contribution < 1.29 is 9.18 Å². The van der Waals surface area contributed by atoms with Crippen LogP contribution in [0.5, 0.6) is 0 Å². The Hall–Kier alpha value is -4.02. The number of rotatable bonds is 6. The van der Waals surface area contributed by atoms with Crippen LogP contribution in [0.1, 0.15) is 41.3 Å². The van der Waals surface area contributed by atoms with Crippen molar-refractivity contribution >= 4 is 44.6 Å². The number of aromatic nitrogens is 4. The van der Waals surface area contributed by atoms with Gasteiger partial charge in [-0.3, -0.25) is 0 Å². The molecule has 2 N–H and O–H groups in total. The van der Waals surface area contributed by atoms with Crippen molar-refractivity contribution in [3.05, 3.63) is 57.4 Å². The van der Waals surface area contributed by atoms with Gasteiger partial charge in [0.05, 0.1) is 11.6 Å². The highest BCUT2D eigenvalue weighted by atomic mass is 32.1. The minimum Gasteiger partial charge on any atom is -0.354 e. The molecule has 1 unspecified atom stereocenters. The average Bonchev–Trinajstić information content (AvgIpc) is 3.73. The SMILES string of the molecule is CCc1nc2sc([C@H]3CC(N(C)C(N)=O)N4CCC=C34)nn2c1N(C)c1nc(-c2ccc(F)cc2)c(C#N)s1. The van der Waals surface area contributed by atoms with E-state index in [1.54, 1.807) is 35.4 Å². The van der Waals surface area contributed by atoms with Crippen molar-refractivity contribution in [1.29, 1.82) is 5.26 Å². The number of primary amides is 1. The summed E-state index contributed by atoms with van der Waals surface area (Å²) in [6.45, 7) is 2.89. The van der Waals surface area contributed by atoms with E-state index in [0.29, 0.717) is 34.1 Å². The molecular formula is C26H26FN9OS2. The fourth-order valence-corrected chi connectivity index (χ4v) is 7.28. The lowest BCUT2D eigenvalue weighted by molar-refractivity contribution is 0.139. The fourth-order valence-electron chi connectivity index (χ4n) is 5.39. The number of halogens is 1. The number of amides is 2. The molecule has 0 radical (unpaired) electrons. The zero-order valence-corrected chi connectivity index (χ0v) is 23.3. The van der Waals surface area contributed by atoms with E-state index in [-0.39, 0.29) is 17.9 Å². The predicted octanol–water partition coefficient (Wildman–Crippen LogP) is 4.67. The maximum absolute atomic E-state index is 13.5. The summed E-state index contributed by atoms with van der Waals surface area (Å²) in [5.74, 6) is 0.495. The number of carbonyl (C=O) groups is 1. The summed E-state index contributed by atoms with van der Waals surface area (Å²) in [5.41, 5.74) is 8.85. The molecule has 0 aliphatic carbocycles. The Labute approximate surface area is 232 Å². The highest BCUT2D eigenvalue weighted by Crippen LogP contribution is 2.46. The minimum absolute atomic E-state index is 0.0457. The molecule has 1 fully saturated rings. The second-order valence-corrected chi connectivity index (χ2v) is 11.5. The van der Waals surface area contributed by atoms with Gasteiger partial charge in [-0.15, -0.1) is 0 Å². The maximum Gasteiger partial charge on any atom is 0.316 e. The number of hydrogen-bond donors (Lipinski definition) is 1. The Kier molecular flexibility index (Phi) is 6.23. The van der Waals surface area contributed by atoms with Gasteiger partial charge in [0.1, 0.15) is 33.6 Å². The van der Waals surface area contributed by atoms with Gasteiger partial charge in [0.2, 0.25) is 4.96 Å². The van der Waals surface area contributed by atoms with E-state index in [1.807, 2.05) is 23.4 Å². The molecule has 6 rings (SSSR count). The first-order valence-corrected chi connectivity index (χ1v) is 14.2. The van der Waals surface area contributed by atoms with Crippen LogP contribution in [0.25, 0.3) is 16.2 Å². The number of carbonyl (C=O) groups excluding carboxylic acids is 1. The maximum atomic E-state index is 13.5. The molecule has 1 aromatic carbocycles. The molecule has 2 atom stereocenters. The van der Waals surface area contributed by atoms with Crippen LogP contribution < -0.4 is 10.6 Å². The summed E-state index contributed by atoms with van der Waals surface area (Å²) < 4.78 is 15.3. The van der Waals surface area contributed by atoms with Crippen molar-refractivity contribution in [3.8, 4) is 17.3 Å². The summed E-state index contributed by atoms with van der Waals surface area (Å²) in [5, 5.41) is 16.4. The molecule has 3 aromatic heterocycles. The van der Waals surface area contributed by atoms with Gasteiger partial charge in [0, 0.05) is 38.3 Å². The van der Waals surface area contributed by atoms with Gasteiger partial charge < -0.3 is 20.4 Å². The van der Waals surface area contributed by atoms with E-state index in [1.165, 1.54) is 29.2 Å². The molecule has 13 heteroatoms. The highest BCUT2D eigenvalue weighted by molar-refractivity contribution is 7.17. The zero-order chi connectivity index (χ0) is 27.4. The molecule has 5 heterocycles. The van der Waals surface area contributed by atoms with Crippen LogP contribution in [0.2, 0.25) is 0 Å². The molecule has 0 spiro atoms. The number of fused-ring (bicyclic) bond motifs is 2. The summed E-state index contributed by atoms with van der Waals surface area (Å²) in [7, 11) is 3.63. The summed E-state index contributed by atoms with van der Waals surface area (Å²) in [4.78, 5) is 28.6. The number of nitrogens with two attached hydrogens (primary N) is 1. The van der Waals surface area contributed by atoms with Crippen molar-refractivity contribution in [1.82, 2.24) is 29.4 Å². The molecule has 200 valence electrons. The van der Waals surface area contributed by atoms with E-state index in [9.17, 15) is 14.4 Å². The van der Waals surface area contributed by atoms with Gasteiger partial charge >= 0.3 is 6.03 Å². The molecule has 39 heavy (non-hydrogen) atoms. The third-order valence-electron chi connectivity index (χ3n) is 7.35. The number of thiazole rings is 1. The standard InChI is InChI=1S/C26H26FN9OS2/c1-4-17-23(34(3)25-31-21(19(13-28)38-25)14-7-9-15(27)10-8-14)36-26(30-17)39-22(32-36)16-12-20(33(2)24(29)37)35-11-5-6-18(16)35/h6-10,16,20H,4-5,11-12H2,1-3H3,(H2,29,37)/t16-,20?/m0/s1. The predicted molar refractivity (Wildman–Crippen MR) is 148 cm³/mol. The minimum atomic E-state index is -0.447. The Morgan fingerprint density at radius 2 is 2.03 bits per heavy atom. The molecule has 0 saturated carbocycles. The van der Waals surface area contributed by atoms with Crippen LogP contribution >= 0.6 is 22.7 Å². The number of nitriles is 1. The van der Waals surface area contributed by atoms with E-state index in [0.717, 1.165) is 34.4 Å². The molecule has 1 saturated heterocycles. The number of imidazole rings is 1. The van der Waals surface area contributed by atoms with Crippen LogP contribution in [0, 0.1) is 17.1 Å². The molecule has 10 nitrogen and oxygen atoms in total. The number of allylic oxidation sites excluding steroid dienone is 1. The normalized spacial score (nSPS) is 18.3. The van der Waals surface area contributed by atoms with Crippen molar-refractivity contribution in [2.45, 2.75) is 38.3 Å². The first-order valence-electron chi connectivity index (χ1n) is 12.6. The summed E-state index contributed by atoms with van der Waals surface area (Å²) in [6.07, 6.45) is 4.46. The van der Waals surface area contributed by atoms with Gasteiger partial charge in [0.25, 0.3) is 0 Å². The van der Waals surface area contributed by atoms with Crippen LogP contribution in [-0.2, 0) is 6.42 Å². The number of urea groups is 1. The van der Waals surface area contributed by atoms with Gasteiger partial charge in [-0.2, -0.15) is 14.9 Å². The Balaban J connectivity index is 1.38. The summed E-state index contributed by atoms with van der Waals surface area (Å²) in [6, 6.07) is 7.76. The molecule has 2 aliphatic heterocycles. The second kappa shape index (κ2) is 9.62. The number of hydrogen-bond acceptors (Lipinski definition) is 9. The number of benzene rings is 1. The summed E-state index contributed by atoms with van der Waals surface area (Å²) >= 11 is 2.82. The van der Waals surface area contributed by atoms with Gasteiger partial charge in [-0.05, 0) is 37.1 Å². The molecular weight excluding hydrogens is 537 g/mol. The van der Waals surface area contributed by atoms with Crippen molar-refractivity contribution in [2.24, 2.45) is 5.73 Å². The van der Waals surface area contributed by atoms with Gasteiger partial charge in [-0.1, -0.05) is 35.7 Å². The third kappa shape index (κ3) is 4.11. The lowest BCUT2D eigenvalue weighted by atomic mass is 10.1. The molecule has 4 aromatic rings. The number of aryl methyl sites for hydroxylation is 1. The fraction of sp³-hybridized carbons (Fsp3) is 0.346. The first kappa shape index (κ1) is 25.3. The van der Waals surface area contributed by atoms with E-state index < -0.39 is 6.03 Å². The smallest absolute Gasteiger partial charge is 0.316 e. The Morgan fingerprint density at radius 1 is 1.26 bits per heavy atom. The van der Waals surface area contributed by atoms with Crippen LogP contribution in [0.3, 0.4) is 0 Å². The van der Waals surface area contributed by atoms with Crippen LogP contribution in [0.4, 0.5) is 20.1 Å². The Morgan fingerprint density at radius 3 is 2.72 bits per heavy atom. The van der Waals surface area contributed by atoms with Crippen LogP contribution in [-0.4, -0.2) is 62.2 Å².